The Hall–Kier alpha value is -2.10. The van der Waals surface area contributed by atoms with Crippen LogP contribution in [-0.2, 0) is 0 Å². The van der Waals surface area contributed by atoms with Gasteiger partial charge in [0.15, 0.2) is 11.6 Å². The first-order valence-electron chi connectivity index (χ1n) is 5.99. The lowest BCUT2D eigenvalue weighted by Crippen LogP contribution is -2.10. The fourth-order valence-electron chi connectivity index (χ4n) is 1.98. The van der Waals surface area contributed by atoms with Gasteiger partial charge in [-0.05, 0) is 43.7 Å². The van der Waals surface area contributed by atoms with Gasteiger partial charge in [-0.25, -0.2) is 8.78 Å². The first-order valence-corrected chi connectivity index (χ1v) is 5.99. The highest BCUT2D eigenvalue weighted by atomic mass is 19.2. The van der Waals surface area contributed by atoms with Gasteiger partial charge in [0.25, 0.3) is 0 Å². The van der Waals surface area contributed by atoms with Crippen molar-refractivity contribution in [1.29, 1.82) is 0 Å². The zero-order valence-electron chi connectivity index (χ0n) is 10.7. The van der Waals surface area contributed by atoms with Crippen LogP contribution < -0.4 is 5.32 Å². The second-order valence-electron chi connectivity index (χ2n) is 4.51. The third kappa shape index (κ3) is 2.84. The average Bonchev–Trinajstić information content (AvgIpc) is 2.36. The number of phenolic OH excluding ortho intramolecular Hbond substituents is 1. The fraction of sp³-hybridized carbons (Fsp3) is 0.200. The van der Waals surface area contributed by atoms with Crippen molar-refractivity contribution in [2.45, 2.75) is 19.9 Å². The summed E-state index contributed by atoms with van der Waals surface area (Å²) in [6.45, 7) is 3.58. The van der Waals surface area contributed by atoms with Crippen LogP contribution in [0.15, 0.2) is 36.4 Å². The monoisotopic (exact) mass is 263 g/mol. The maximum Gasteiger partial charge on any atom is 0.164 e. The van der Waals surface area contributed by atoms with Crippen molar-refractivity contribution in [2.75, 3.05) is 5.32 Å². The summed E-state index contributed by atoms with van der Waals surface area (Å²) in [5, 5.41) is 12.4. The predicted octanol–water partition coefficient (Wildman–Crippen LogP) is 4.15. The number of halogens is 2. The van der Waals surface area contributed by atoms with Crippen LogP contribution in [0, 0.1) is 18.6 Å². The molecule has 2 aromatic rings. The normalized spacial score (nSPS) is 12.2. The molecule has 19 heavy (non-hydrogen) atoms. The van der Waals surface area contributed by atoms with Crippen molar-refractivity contribution in [1.82, 2.24) is 0 Å². The Bertz CT molecular complexity index is 599. The van der Waals surface area contributed by atoms with Gasteiger partial charge in [-0.3, -0.25) is 0 Å². The van der Waals surface area contributed by atoms with E-state index in [4.69, 9.17) is 0 Å². The molecule has 1 unspecified atom stereocenters. The second-order valence-corrected chi connectivity index (χ2v) is 4.51. The van der Waals surface area contributed by atoms with E-state index >= 15 is 0 Å². The molecule has 2 nitrogen and oxygen atoms in total. The number of benzene rings is 2. The number of anilines is 1. The molecule has 0 fully saturated rings. The molecule has 0 bridgehead atoms. The second kappa shape index (κ2) is 5.26. The minimum absolute atomic E-state index is 0.174. The zero-order valence-corrected chi connectivity index (χ0v) is 10.7. The quantitative estimate of drug-likeness (QED) is 0.815. The molecule has 4 heteroatoms. The fourth-order valence-corrected chi connectivity index (χ4v) is 1.98. The molecule has 0 aliphatic heterocycles. The van der Waals surface area contributed by atoms with Crippen LogP contribution in [0.3, 0.4) is 0 Å². The van der Waals surface area contributed by atoms with Crippen LogP contribution in [0.25, 0.3) is 0 Å². The van der Waals surface area contributed by atoms with E-state index in [1.807, 2.05) is 6.92 Å². The van der Waals surface area contributed by atoms with E-state index in [1.165, 1.54) is 6.07 Å². The van der Waals surface area contributed by atoms with Crippen molar-refractivity contribution in [3.05, 3.63) is 59.2 Å². The van der Waals surface area contributed by atoms with Gasteiger partial charge >= 0.3 is 0 Å². The first-order chi connectivity index (χ1) is 8.99. The summed E-state index contributed by atoms with van der Waals surface area (Å²) in [6, 6.07) is 8.61. The topological polar surface area (TPSA) is 32.3 Å². The van der Waals surface area contributed by atoms with Crippen LogP contribution in [0.5, 0.6) is 5.75 Å². The average molecular weight is 263 g/mol. The van der Waals surface area contributed by atoms with Gasteiger partial charge in [-0.1, -0.05) is 12.1 Å². The standard InChI is InChI=1S/C15H15F2NO/c1-9-8-11(19)6-7-14(9)18-10(2)12-4-3-5-13(16)15(12)17/h3-8,10,18-19H,1-2H3. The van der Waals surface area contributed by atoms with Gasteiger partial charge in [-0.2, -0.15) is 0 Å². The molecule has 100 valence electrons. The van der Waals surface area contributed by atoms with Crippen LogP contribution in [0.2, 0.25) is 0 Å². The van der Waals surface area contributed by atoms with Gasteiger partial charge in [0, 0.05) is 11.3 Å². The molecular weight excluding hydrogens is 248 g/mol. The first kappa shape index (κ1) is 13.3. The zero-order chi connectivity index (χ0) is 14.0. The Morgan fingerprint density at radius 1 is 1.16 bits per heavy atom. The van der Waals surface area contributed by atoms with E-state index in [1.54, 1.807) is 31.2 Å². The van der Waals surface area contributed by atoms with Gasteiger partial charge in [0.05, 0.1) is 6.04 Å². The summed E-state index contributed by atoms with van der Waals surface area (Å²) in [5.74, 6) is -1.51. The van der Waals surface area contributed by atoms with E-state index in [-0.39, 0.29) is 17.4 Å². The molecule has 0 heterocycles. The van der Waals surface area contributed by atoms with Crippen LogP contribution in [0.1, 0.15) is 24.1 Å². The van der Waals surface area contributed by atoms with Crippen molar-refractivity contribution in [3.63, 3.8) is 0 Å². The van der Waals surface area contributed by atoms with E-state index in [0.717, 1.165) is 17.3 Å². The number of rotatable bonds is 3. The lowest BCUT2D eigenvalue weighted by atomic mass is 10.1. The minimum Gasteiger partial charge on any atom is -0.508 e. The van der Waals surface area contributed by atoms with Crippen LogP contribution in [0.4, 0.5) is 14.5 Å². The molecule has 1 atom stereocenters. The van der Waals surface area contributed by atoms with Crippen LogP contribution >= 0.6 is 0 Å². The summed E-state index contributed by atoms with van der Waals surface area (Å²) in [5.41, 5.74) is 1.88. The third-order valence-corrected chi connectivity index (χ3v) is 3.03. The van der Waals surface area contributed by atoms with Gasteiger partial charge in [-0.15, -0.1) is 0 Å². The Labute approximate surface area is 110 Å². The summed E-state index contributed by atoms with van der Waals surface area (Å²) in [6.07, 6.45) is 0. The third-order valence-electron chi connectivity index (χ3n) is 3.03. The van der Waals surface area contributed by atoms with Gasteiger partial charge < -0.3 is 10.4 Å². The molecule has 2 aromatic carbocycles. The predicted molar refractivity (Wildman–Crippen MR) is 71.2 cm³/mol. The summed E-state index contributed by atoms with van der Waals surface area (Å²) < 4.78 is 26.8. The Kier molecular flexibility index (Phi) is 3.69. The SMILES string of the molecule is Cc1cc(O)ccc1NC(C)c1cccc(F)c1F. The highest BCUT2D eigenvalue weighted by Crippen LogP contribution is 2.26. The van der Waals surface area contributed by atoms with Crippen LogP contribution in [-0.4, -0.2) is 5.11 Å². The largest absolute Gasteiger partial charge is 0.508 e. The number of aromatic hydroxyl groups is 1. The van der Waals surface area contributed by atoms with Crippen molar-refractivity contribution < 1.29 is 13.9 Å². The Morgan fingerprint density at radius 2 is 1.89 bits per heavy atom. The molecule has 0 aliphatic carbocycles. The van der Waals surface area contributed by atoms with E-state index < -0.39 is 11.6 Å². The summed E-state index contributed by atoms with van der Waals surface area (Å²) >= 11 is 0. The van der Waals surface area contributed by atoms with E-state index in [9.17, 15) is 13.9 Å². The summed E-state index contributed by atoms with van der Waals surface area (Å²) in [7, 11) is 0. The Balaban J connectivity index is 2.25. The van der Waals surface area contributed by atoms with Crippen molar-refractivity contribution in [3.8, 4) is 5.75 Å². The number of nitrogens with one attached hydrogen (secondary N) is 1. The van der Waals surface area contributed by atoms with Gasteiger partial charge in [0.2, 0.25) is 0 Å². The molecule has 2 rings (SSSR count). The molecule has 0 aromatic heterocycles. The van der Waals surface area contributed by atoms with E-state index in [2.05, 4.69) is 5.32 Å². The smallest absolute Gasteiger partial charge is 0.164 e. The minimum atomic E-state index is -0.853. The highest BCUT2D eigenvalue weighted by Gasteiger charge is 2.14. The number of hydrogen-bond donors (Lipinski definition) is 2. The molecular formula is C15H15F2NO. The maximum absolute atomic E-state index is 13.7. The lowest BCUT2D eigenvalue weighted by molar-refractivity contribution is 0.475. The number of phenols is 1. The summed E-state index contributed by atoms with van der Waals surface area (Å²) in [4.78, 5) is 0. The molecule has 0 saturated carbocycles. The van der Waals surface area contributed by atoms with Crippen molar-refractivity contribution in [2.24, 2.45) is 0 Å². The molecule has 0 amide bonds. The number of aryl methyl sites for hydroxylation is 1. The molecule has 0 spiro atoms. The van der Waals surface area contributed by atoms with E-state index in [0.29, 0.717) is 0 Å². The highest BCUT2D eigenvalue weighted by molar-refractivity contribution is 5.54. The molecule has 0 radical (unpaired) electrons. The Morgan fingerprint density at radius 3 is 2.58 bits per heavy atom. The lowest BCUT2D eigenvalue weighted by Gasteiger charge is -2.18. The molecule has 0 aliphatic rings. The van der Waals surface area contributed by atoms with Gasteiger partial charge in [0.1, 0.15) is 5.75 Å². The molecule has 2 N–H and O–H groups in total. The number of hydrogen-bond acceptors (Lipinski definition) is 2. The van der Waals surface area contributed by atoms with Crippen molar-refractivity contribution >= 4 is 5.69 Å². The maximum atomic E-state index is 13.7. The molecule has 0 saturated heterocycles.